The van der Waals surface area contributed by atoms with E-state index in [1.165, 1.54) is 12.2 Å². The van der Waals surface area contributed by atoms with Crippen LogP contribution in [0, 0.1) is 5.92 Å². The van der Waals surface area contributed by atoms with E-state index in [9.17, 15) is 19.2 Å². The van der Waals surface area contributed by atoms with Gasteiger partial charge in [-0.1, -0.05) is 0 Å². The molecule has 25 heavy (non-hydrogen) atoms. The van der Waals surface area contributed by atoms with Crippen LogP contribution in [0.25, 0.3) is 0 Å². The van der Waals surface area contributed by atoms with Gasteiger partial charge in [-0.15, -0.1) is 0 Å². The Hall–Kier alpha value is -2.18. The number of hydrogen-bond acceptors (Lipinski definition) is 6. The Morgan fingerprint density at radius 3 is 1.68 bits per heavy atom. The summed E-state index contributed by atoms with van der Waals surface area (Å²) >= 11 is 0. The summed E-state index contributed by atoms with van der Waals surface area (Å²) in [4.78, 5) is 48.9. The average Bonchev–Trinajstić information content (AvgIpc) is 2.70. The Morgan fingerprint density at radius 2 is 1.32 bits per heavy atom. The van der Waals surface area contributed by atoms with E-state index >= 15 is 0 Å². The van der Waals surface area contributed by atoms with Crippen molar-refractivity contribution in [3.05, 3.63) is 12.2 Å². The third-order valence-electron chi connectivity index (χ3n) is 3.16. The van der Waals surface area contributed by atoms with E-state index in [-0.39, 0.29) is 13.0 Å². The Labute approximate surface area is 148 Å². The van der Waals surface area contributed by atoms with Crippen molar-refractivity contribution in [3.8, 4) is 0 Å². The lowest BCUT2D eigenvalue weighted by Crippen LogP contribution is -2.37. The van der Waals surface area contributed by atoms with Crippen LogP contribution in [-0.4, -0.2) is 46.4 Å². The van der Waals surface area contributed by atoms with Gasteiger partial charge >= 0.3 is 11.9 Å². The molecule has 1 aliphatic heterocycles. The Balaban J connectivity index is 2.73. The first-order chi connectivity index (χ1) is 11.3. The average molecular weight is 353 g/mol. The maximum Gasteiger partial charge on any atom is 0.320 e. The molecule has 1 aliphatic rings. The molecule has 0 spiro atoms. The Morgan fingerprint density at radius 1 is 0.920 bits per heavy atom. The van der Waals surface area contributed by atoms with Crippen LogP contribution in [-0.2, 0) is 28.7 Å². The van der Waals surface area contributed by atoms with Crippen molar-refractivity contribution in [1.29, 1.82) is 0 Å². The van der Waals surface area contributed by atoms with Gasteiger partial charge in [0.05, 0.1) is 0 Å². The highest BCUT2D eigenvalue weighted by Gasteiger charge is 2.35. The maximum absolute atomic E-state index is 12.4. The van der Waals surface area contributed by atoms with Crippen molar-refractivity contribution in [1.82, 2.24) is 4.90 Å². The lowest BCUT2D eigenvalue weighted by Gasteiger charge is -2.26. The van der Waals surface area contributed by atoms with Gasteiger partial charge in [-0.05, 0) is 54.4 Å². The van der Waals surface area contributed by atoms with Crippen LogP contribution in [0.3, 0.4) is 0 Å². The van der Waals surface area contributed by atoms with Gasteiger partial charge < -0.3 is 9.47 Å². The topological polar surface area (TPSA) is 90.0 Å². The van der Waals surface area contributed by atoms with Crippen molar-refractivity contribution in [2.45, 2.75) is 65.6 Å². The summed E-state index contributed by atoms with van der Waals surface area (Å²) in [6.45, 7) is 10.4. The van der Waals surface area contributed by atoms with Gasteiger partial charge in [-0.2, -0.15) is 0 Å². The number of imide groups is 1. The fourth-order valence-electron chi connectivity index (χ4n) is 2.18. The quantitative estimate of drug-likeness (QED) is 0.412. The Kier molecular flexibility index (Phi) is 6.51. The summed E-state index contributed by atoms with van der Waals surface area (Å²) in [5, 5.41) is 0. The molecule has 0 radical (unpaired) electrons. The number of esters is 2. The zero-order chi connectivity index (χ0) is 19.4. The summed E-state index contributed by atoms with van der Waals surface area (Å²) in [7, 11) is 0. The Bertz CT molecular complexity index is 533. The number of rotatable bonds is 6. The SMILES string of the molecule is CC(C)(C)OC(=O)C(CCCN1C(=O)C=CC1=O)C(=O)OC(C)(C)C. The molecular weight excluding hydrogens is 326 g/mol. The lowest BCUT2D eigenvalue weighted by molar-refractivity contribution is -0.174. The molecule has 0 aromatic heterocycles. The zero-order valence-electron chi connectivity index (χ0n) is 15.8. The number of amides is 2. The maximum atomic E-state index is 12.4. The van der Waals surface area contributed by atoms with Crippen molar-refractivity contribution in [3.63, 3.8) is 0 Å². The second-order valence-corrected chi connectivity index (χ2v) is 7.92. The summed E-state index contributed by atoms with van der Waals surface area (Å²) in [5.74, 6) is -3.22. The molecule has 1 heterocycles. The second-order valence-electron chi connectivity index (χ2n) is 7.92. The van der Waals surface area contributed by atoms with Crippen LogP contribution < -0.4 is 0 Å². The van der Waals surface area contributed by atoms with Crippen LogP contribution in [0.4, 0.5) is 0 Å². The van der Waals surface area contributed by atoms with E-state index < -0.39 is 40.9 Å². The van der Waals surface area contributed by atoms with Gasteiger partial charge in [-0.3, -0.25) is 24.1 Å². The number of ether oxygens (including phenoxy) is 2. The molecule has 0 atom stereocenters. The molecule has 0 aromatic rings. The molecule has 0 saturated carbocycles. The van der Waals surface area contributed by atoms with Gasteiger partial charge in [0, 0.05) is 18.7 Å². The highest BCUT2D eigenvalue weighted by molar-refractivity contribution is 6.12. The van der Waals surface area contributed by atoms with Crippen LogP contribution in [0.1, 0.15) is 54.4 Å². The molecule has 7 nitrogen and oxygen atoms in total. The fraction of sp³-hybridized carbons (Fsp3) is 0.667. The summed E-state index contributed by atoms with van der Waals surface area (Å²) in [5.41, 5.74) is -1.47. The minimum Gasteiger partial charge on any atom is -0.459 e. The first-order valence-electron chi connectivity index (χ1n) is 8.29. The van der Waals surface area contributed by atoms with Crippen LogP contribution >= 0.6 is 0 Å². The normalized spacial score (nSPS) is 15.1. The number of nitrogens with zero attached hydrogens (tertiary/aromatic N) is 1. The van der Waals surface area contributed by atoms with Crippen LogP contribution in [0.2, 0.25) is 0 Å². The molecule has 0 bridgehead atoms. The predicted molar refractivity (Wildman–Crippen MR) is 90.3 cm³/mol. The van der Waals surface area contributed by atoms with Gasteiger partial charge in [0.1, 0.15) is 11.2 Å². The molecule has 140 valence electrons. The highest BCUT2D eigenvalue weighted by atomic mass is 16.6. The molecular formula is C18H27NO6. The largest absolute Gasteiger partial charge is 0.459 e. The number of carbonyl (C=O) groups is 4. The van der Waals surface area contributed by atoms with Crippen molar-refractivity contribution >= 4 is 23.8 Å². The van der Waals surface area contributed by atoms with E-state index in [4.69, 9.17) is 9.47 Å². The third-order valence-corrected chi connectivity index (χ3v) is 3.16. The summed E-state index contributed by atoms with van der Waals surface area (Å²) in [6.07, 6.45) is 2.81. The van der Waals surface area contributed by atoms with E-state index in [0.717, 1.165) is 4.90 Å². The summed E-state index contributed by atoms with van der Waals surface area (Å²) in [6, 6.07) is 0. The van der Waals surface area contributed by atoms with Gasteiger partial charge in [0.2, 0.25) is 0 Å². The van der Waals surface area contributed by atoms with E-state index in [1.807, 2.05) is 0 Å². The summed E-state index contributed by atoms with van der Waals surface area (Å²) < 4.78 is 10.6. The van der Waals surface area contributed by atoms with Crippen molar-refractivity contribution in [2.24, 2.45) is 5.92 Å². The fourth-order valence-corrected chi connectivity index (χ4v) is 2.18. The predicted octanol–water partition coefficient (Wildman–Crippen LogP) is 1.99. The van der Waals surface area contributed by atoms with Crippen LogP contribution in [0.15, 0.2) is 12.2 Å². The third kappa shape index (κ3) is 7.07. The molecule has 0 aliphatic carbocycles. The molecule has 0 N–H and O–H groups in total. The standard InChI is InChI=1S/C18H27NO6/c1-17(2,3)24-15(22)12(16(23)25-18(4,5)6)8-7-11-19-13(20)9-10-14(19)21/h9-10,12H,7-8,11H2,1-6H3. The molecule has 1 rings (SSSR count). The molecule has 2 amide bonds. The van der Waals surface area contributed by atoms with Crippen molar-refractivity contribution < 1.29 is 28.7 Å². The second kappa shape index (κ2) is 7.80. The lowest BCUT2D eigenvalue weighted by atomic mass is 10.0. The van der Waals surface area contributed by atoms with E-state index in [1.54, 1.807) is 41.5 Å². The zero-order valence-corrected chi connectivity index (χ0v) is 15.8. The van der Waals surface area contributed by atoms with Crippen LogP contribution in [0.5, 0.6) is 0 Å². The first-order valence-corrected chi connectivity index (χ1v) is 8.29. The van der Waals surface area contributed by atoms with Gasteiger partial charge in [0.25, 0.3) is 11.8 Å². The monoisotopic (exact) mass is 353 g/mol. The molecule has 0 aromatic carbocycles. The molecule has 0 fully saturated rings. The minimum atomic E-state index is -1.10. The van der Waals surface area contributed by atoms with Crippen molar-refractivity contribution in [2.75, 3.05) is 6.54 Å². The number of hydrogen-bond donors (Lipinski definition) is 0. The first kappa shape index (κ1) is 20.9. The van der Waals surface area contributed by atoms with E-state index in [2.05, 4.69) is 0 Å². The van der Waals surface area contributed by atoms with Gasteiger partial charge in [0.15, 0.2) is 5.92 Å². The molecule has 0 saturated heterocycles. The smallest absolute Gasteiger partial charge is 0.320 e. The highest BCUT2D eigenvalue weighted by Crippen LogP contribution is 2.20. The minimum absolute atomic E-state index is 0.126. The number of carbonyl (C=O) groups excluding carboxylic acids is 4. The molecule has 7 heteroatoms. The van der Waals surface area contributed by atoms with Gasteiger partial charge in [-0.25, -0.2) is 0 Å². The van der Waals surface area contributed by atoms with E-state index in [0.29, 0.717) is 6.42 Å². The molecule has 0 unspecified atom stereocenters.